The Morgan fingerprint density at radius 2 is 2.06 bits per heavy atom. The van der Waals surface area contributed by atoms with Crippen LogP contribution in [0.3, 0.4) is 0 Å². The van der Waals surface area contributed by atoms with Gasteiger partial charge in [-0.15, -0.1) is 0 Å². The van der Waals surface area contributed by atoms with Crippen LogP contribution in [0.5, 0.6) is 0 Å². The molecule has 1 aliphatic rings. The summed E-state index contributed by atoms with van der Waals surface area (Å²) in [6, 6.07) is 0.317. The molecule has 0 unspecified atom stereocenters. The fraction of sp³-hybridized carbons (Fsp3) is 0.923. The molecule has 0 aliphatic heterocycles. The molecule has 2 N–H and O–H groups in total. The largest absolute Gasteiger partial charge is 0.396 e. The number of amides is 1. The number of rotatable bonds is 7. The van der Waals surface area contributed by atoms with Gasteiger partial charge in [-0.3, -0.25) is 4.79 Å². The normalized spacial score (nSPS) is 24.6. The second-order valence-electron chi connectivity index (χ2n) is 4.77. The minimum absolute atomic E-state index is 0.136. The molecule has 1 aliphatic carbocycles. The Kier molecular flexibility index (Phi) is 7.21. The molecule has 0 aromatic heterocycles. The number of hydrogen-bond acceptors (Lipinski definition) is 3. The Morgan fingerprint density at radius 3 is 2.65 bits per heavy atom. The molecular weight excluding hydrogens is 218 g/mol. The second kappa shape index (κ2) is 8.48. The molecule has 0 saturated heterocycles. The lowest BCUT2D eigenvalue weighted by molar-refractivity contribution is -0.122. The molecule has 0 spiro atoms. The molecule has 1 saturated carbocycles. The molecule has 4 nitrogen and oxygen atoms in total. The van der Waals surface area contributed by atoms with Gasteiger partial charge in [-0.05, 0) is 44.9 Å². The average Bonchev–Trinajstić information content (AvgIpc) is 2.36. The van der Waals surface area contributed by atoms with E-state index in [-0.39, 0.29) is 12.5 Å². The van der Waals surface area contributed by atoms with E-state index in [1.807, 2.05) is 6.92 Å². The van der Waals surface area contributed by atoms with E-state index < -0.39 is 0 Å². The van der Waals surface area contributed by atoms with Crippen LogP contribution in [0.15, 0.2) is 0 Å². The topological polar surface area (TPSA) is 58.6 Å². The predicted octanol–water partition coefficient (Wildman–Crippen LogP) is 1.47. The van der Waals surface area contributed by atoms with Crippen molar-refractivity contribution in [3.8, 4) is 0 Å². The van der Waals surface area contributed by atoms with Crippen LogP contribution in [0, 0.1) is 5.92 Å². The summed E-state index contributed by atoms with van der Waals surface area (Å²) in [5.74, 6) is 0.582. The number of aliphatic hydroxyl groups excluding tert-OH is 1. The molecule has 100 valence electrons. The van der Waals surface area contributed by atoms with Crippen molar-refractivity contribution in [2.45, 2.75) is 51.5 Å². The van der Waals surface area contributed by atoms with E-state index in [0.717, 1.165) is 32.1 Å². The van der Waals surface area contributed by atoms with Crippen LogP contribution < -0.4 is 5.32 Å². The van der Waals surface area contributed by atoms with Crippen molar-refractivity contribution in [1.82, 2.24) is 5.32 Å². The first-order valence-electron chi connectivity index (χ1n) is 6.74. The Bertz CT molecular complexity index is 213. The Morgan fingerprint density at radius 1 is 1.35 bits per heavy atom. The lowest BCUT2D eigenvalue weighted by atomic mass is 9.86. The van der Waals surface area contributed by atoms with Crippen molar-refractivity contribution >= 4 is 5.91 Å². The van der Waals surface area contributed by atoms with Gasteiger partial charge in [-0.25, -0.2) is 0 Å². The predicted molar refractivity (Wildman–Crippen MR) is 66.7 cm³/mol. The van der Waals surface area contributed by atoms with Gasteiger partial charge < -0.3 is 15.2 Å². The van der Waals surface area contributed by atoms with Gasteiger partial charge in [-0.2, -0.15) is 0 Å². The Labute approximate surface area is 104 Å². The summed E-state index contributed by atoms with van der Waals surface area (Å²) in [5, 5.41) is 12.1. The van der Waals surface area contributed by atoms with E-state index in [0.29, 0.717) is 31.6 Å². The highest BCUT2D eigenvalue weighted by Crippen LogP contribution is 2.23. The summed E-state index contributed by atoms with van der Waals surface area (Å²) in [4.78, 5) is 11.6. The first-order valence-corrected chi connectivity index (χ1v) is 6.74. The van der Waals surface area contributed by atoms with E-state index >= 15 is 0 Å². The lowest BCUT2D eigenvalue weighted by Crippen LogP contribution is -2.38. The van der Waals surface area contributed by atoms with Gasteiger partial charge in [0.2, 0.25) is 5.91 Å². The average molecular weight is 243 g/mol. The third-order valence-corrected chi connectivity index (χ3v) is 3.37. The van der Waals surface area contributed by atoms with Crippen LogP contribution in [0.2, 0.25) is 0 Å². The number of carbonyl (C=O) groups is 1. The molecule has 1 amide bonds. The van der Waals surface area contributed by atoms with Crippen LogP contribution in [-0.2, 0) is 9.53 Å². The van der Waals surface area contributed by atoms with Crippen LogP contribution in [0.4, 0.5) is 0 Å². The van der Waals surface area contributed by atoms with Gasteiger partial charge in [0.1, 0.15) is 0 Å². The highest BCUT2D eigenvalue weighted by molar-refractivity contribution is 5.76. The zero-order valence-electron chi connectivity index (χ0n) is 10.8. The van der Waals surface area contributed by atoms with Crippen LogP contribution >= 0.6 is 0 Å². The molecular formula is C13H25NO3. The smallest absolute Gasteiger partial charge is 0.220 e. The molecule has 0 aromatic rings. The monoisotopic (exact) mass is 243 g/mol. The fourth-order valence-corrected chi connectivity index (χ4v) is 2.27. The number of ether oxygens (including phenoxy) is 1. The van der Waals surface area contributed by atoms with Crippen molar-refractivity contribution < 1.29 is 14.6 Å². The minimum atomic E-state index is 0.136. The maximum Gasteiger partial charge on any atom is 0.220 e. The summed E-state index contributed by atoms with van der Waals surface area (Å²) in [6.45, 7) is 3.63. The van der Waals surface area contributed by atoms with Gasteiger partial charge >= 0.3 is 0 Å². The number of hydrogen-bond donors (Lipinski definition) is 2. The summed E-state index contributed by atoms with van der Waals surface area (Å²) >= 11 is 0. The van der Waals surface area contributed by atoms with Crippen molar-refractivity contribution in [2.24, 2.45) is 5.92 Å². The van der Waals surface area contributed by atoms with Crippen molar-refractivity contribution in [3.05, 3.63) is 0 Å². The van der Waals surface area contributed by atoms with Gasteiger partial charge in [0.05, 0.1) is 0 Å². The first kappa shape index (κ1) is 14.5. The molecule has 0 atom stereocenters. The zero-order valence-corrected chi connectivity index (χ0v) is 10.8. The Hall–Kier alpha value is -0.610. The molecule has 1 rings (SSSR count). The van der Waals surface area contributed by atoms with Crippen LogP contribution in [0.1, 0.15) is 45.4 Å². The van der Waals surface area contributed by atoms with E-state index in [2.05, 4.69) is 5.32 Å². The molecule has 0 bridgehead atoms. The number of nitrogens with one attached hydrogen (secondary N) is 1. The molecule has 0 heterocycles. The third-order valence-electron chi connectivity index (χ3n) is 3.37. The summed E-state index contributed by atoms with van der Waals surface area (Å²) in [5.41, 5.74) is 0. The first-order chi connectivity index (χ1) is 8.26. The Balaban J connectivity index is 2.06. The summed E-state index contributed by atoms with van der Waals surface area (Å²) in [6.07, 6.45) is 5.41. The molecule has 0 aromatic carbocycles. The van der Waals surface area contributed by atoms with Crippen molar-refractivity contribution in [2.75, 3.05) is 19.8 Å². The third kappa shape index (κ3) is 6.03. The quantitative estimate of drug-likeness (QED) is 0.666. The highest BCUT2D eigenvalue weighted by Gasteiger charge is 2.21. The minimum Gasteiger partial charge on any atom is -0.396 e. The number of aliphatic hydroxyl groups is 1. The van der Waals surface area contributed by atoms with Crippen molar-refractivity contribution in [1.29, 1.82) is 0 Å². The van der Waals surface area contributed by atoms with E-state index in [1.165, 1.54) is 0 Å². The van der Waals surface area contributed by atoms with E-state index in [1.54, 1.807) is 0 Å². The van der Waals surface area contributed by atoms with Gasteiger partial charge in [0.25, 0.3) is 0 Å². The molecule has 1 fully saturated rings. The SMILES string of the molecule is CCOCCCC(=O)NC1CCC(CO)CC1. The summed E-state index contributed by atoms with van der Waals surface area (Å²) in [7, 11) is 0. The highest BCUT2D eigenvalue weighted by atomic mass is 16.5. The molecule has 0 radical (unpaired) electrons. The second-order valence-corrected chi connectivity index (χ2v) is 4.77. The van der Waals surface area contributed by atoms with Crippen molar-refractivity contribution in [3.63, 3.8) is 0 Å². The van der Waals surface area contributed by atoms with E-state index in [9.17, 15) is 4.79 Å². The lowest BCUT2D eigenvalue weighted by Gasteiger charge is -2.27. The zero-order chi connectivity index (χ0) is 12.5. The molecule has 17 heavy (non-hydrogen) atoms. The fourth-order valence-electron chi connectivity index (χ4n) is 2.27. The van der Waals surface area contributed by atoms with Gasteiger partial charge in [0.15, 0.2) is 0 Å². The van der Waals surface area contributed by atoms with E-state index in [4.69, 9.17) is 9.84 Å². The maximum absolute atomic E-state index is 11.6. The standard InChI is InChI=1S/C13H25NO3/c1-2-17-9-3-4-13(16)14-12-7-5-11(10-15)6-8-12/h11-12,15H,2-10H2,1H3,(H,14,16). The molecule has 4 heteroatoms. The van der Waals surface area contributed by atoms with Gasteiger partial charge in [0, 0.05) is 32.3 Å². The maximum atomic E-state index is 11.6. The summed E-state index contributed by atoms with van der Waals surface area (Å²) < 4.78 is 5.19. The van der Waals surface area contributed by atoms with Crippen LogP contribution in [-0.4, -0.2) is 36.9 Å². The van der Waals surface area contributed by atoms with Gasteiger partial charge in [-0.1, -0.05) is 0 Å². The number of carbonyl (C=O) groups excluding carboxylic acids is 1. The van der Waals surface area contributed by atoms with Crippen LogP contribution in [0.25, 0.3) is 0 Å².